The Morgan fingerprint density at radius 2 is 1.89 bits per heavy atom. The first-order valence-corrected chi connectivity index (χ1v) is 7.93. The molecular formula is C16H20ClNS. The van der Waals surface area contributed by atoms with Crippen molar-refractivity contribution in [3.63, 3.8) is 0 Å². The molecule has 0 aliphatic heterocycles. The zero-order chi connectivity index (χ0) is 13.7. The third-order valence-electron chi connectivity index (χ3n) is 3.17. The summed E-state index contributed by atoms with van der Waals surface area (Å²) in [4.78, 5) is 2.86. The second kappa shape index (κ2) is 7.09. The minimum absolute atomic E-state index is 0.423. The average molecular weight is 294 g/mol. The summed E-state index contributed by atoms with van der Waals surface area (Å²) in [6, 6.07) is 12.9. The minimum atomic E-state index is 0.423. The Kier molecular flexibility index (Phi) is 5.44. The summed E-state index contributed by atoms with van der Waals surface area (Å²) >= 11 is 8.08. The molecule has 0 saturated heterocycles. The molecule has 0 amide bonds. The van der Waals surface area contributed by atoms with Crippen LogP contribution in [0.1, 0.15) is 29.2 Å². The standard InChI is InChI=1S/C16H20ClNS/c1-3-14-8-9-15(19-14)11-18-12(2)10-13-6-4-5-7-16(13)17/h4-9,12,18H,3,10-11H2,1-2H3. The molecule has 0 saturated carbocycles. The quantitative estimate of drug-likeness (QED) is 0.815. The van der Waals surface area contributed by atoms with Gasteiger partial charge in [-0.1, -0.05) is 36.7 Å². The number of halogens is 1. The molecule has 0 fully saturated rings. The first-order valence-electron chi connectivity index (χ1n) is 6.73. The topological polar surface area (TPSA) is 12.0 Å². The smallest absolute Gasteiger partial charge is 0.0438 e. The maximum Gasteiger partial charge on any atom is 0.0438 e. The number of rotatable bonds is 6. The third kappa shape index (κ3) is 4.34. The highest BCUT2D eigenvalue weighted by Gasteiger charge is 2.07. The maximum atomic E-state index is 6.18. The molecule has 1 aromatic carbocycles. The van der Waals surface area contributed by atoms with Gasteiger partial charge >= 0.3 is 0 Å². The Morgan fingerprint density at radius 3 is 2.58 bits per heavy atom. The molecule has 0 aliphatic rings. The van der Waals surface area contributed by atoms with Crippen molar-refractivity contribution >= 4 is 22.9 Å². The van der Waals surface area contributed by atoms with Crippen LogP contribution in [0.15, 0.2) is 36.4 Å². The van der Waals surface area contributed by atoms with E-state index in [2.05, 4.69) is 37.4 Å². The van der Waals surface area contributed by atoms with Gasteiger partial charge in [0.25, 0.3) is 0 Å². The lowest BCUT2D eigenvalue weighted by atomic mass is 10.1. The summed E-state index contributed by atoms with van der Waals surface area (Å²) in [5.41, 5.74) is 1.21. The Balaban J connectivity index is 1.84. The molecule has 1 N–H and O–H groups in total. The van der Waals surface area contributed by atoms with Crippen molar-refractivity contribution in [1.29, 1.82) is 0 Å². The molecule has 102 valence electrons. The predicted octanol–water partition coefficient (Wildman–Crippen LogP) is 4.68. The fraction of sp³-hybridized carbons (Fsp3) is 0.375. The number of aryl methyl sites for hydroxylation is 1. The van der Waals surface area contributed by atoms with Gasteiger partial charge in [0, 0.05) is 27.4 Å². The lowest BCUT2D eigenvalue weighted by Gasteiger charge is -2.14. The zero-order valence-corrected chi connectivity index (χ0v) is 13.0. The van der Waals surface area contributed by atoms with E-state index in [-0.39, 0.29) is 0 Å². The van der Waals surface area contributed by atoms with Crippen LogP contribution in [0.4, 0.5) is 0 Å². The van der Waals surface area contributed by atoms with Crippen molar-refractivity contribution in [2.24, 2.45) is 0 Å². The molecule has 0 aliphatic carbocycles. The van der Waals surface area contributed by atoms with E-state index in [1.807, 2.05) is 29.5 Å². The molecule has 2 aromatic rings. The summed E-state index contributed by atoms with van der Waals surface area (Å²) < 4.78 is 0. The molecular weight excluding hydrogens is 274 g/mol. The monoisotopic (exact) mass is 293 g/mol. The van der Waals surface area contributed by atoms with E-state index in [1.54, 1.807) is 0 Å². The summed E-state index contributed by atoms with van der Waals surface area (Å²) in [6.07, 6.45) is 2.09. The Bertz CT molecular complexity index is 521. The summed E-state index contributed by atoms with van der Waals surface area (Å²) in [5.74, 6) is 0. The highest BCUT2D eigenvalue weighted by molar-refractivity contribution is 7.11. The van der Waals surface area contributed by atoms with E-state index in [4.69, 9.17) is 11.6 Å². The number of hydrogen-bond donors (Lipinski definition) is 1. The molecule has 1 heterocycles. The van der Waals surface area contributed by atoms with Gasteiger partial charge in [-0.05, 0) is 43.5 Å². The van der Waals surface area contributed by atoms with E-state index >= 15 is 0 Å². The lowest BCUT2D eigenvalue weighted by Crippen LogP contribution is -2.27. The van der Waals surface area contributed by atoms with Gasteiger partial charge in [-0.15, -0.1) is 11.3 Å². The average Bonchev–Trinajstić information content (AvgIpc) is 2.87. The number of hydrogen-bond acceptors (Lipinski definition) is 2. The summed E-state index contributed by atoms with van der Waals surface area (Å²) in [6.45, 7) is 5.34. The van der Waals surface area contributed by atoms with Crippen LogP contribution in [0.2, 0.25) is 5.02 Å². The molecule has 19 heavy (non-hydrogen) atoms. The first kappa shape index (κ1) is 14.6. The predicted molar refractivity (Wildman–Crippen MR) is 85.2 cm³/mol. The summed E-state index contributed by atoms with van der Waals surface area (Å²) in [5, 5.41) is 4.43. The van der Waals surface area contributed by atoms with Crippen LogP contribution in [0.25, 0.3) is 0 Å². The third-order valence-corrected chi connectivity index (χ3v) is 4.77. The van der Waals surface area contributed by atoms with Gasteiger partial charge in [0.1, 0.15) is 0 Å². The number of thiophene rings is 1. The molecule has 1 nitrogen and oxygen atoms in total. The largest absolute Gasteiger partial charge is 0.309 e. The molecule has 0 spiro atoms. The second-order valence-electron chi connectivity index (χ2n) is 4.80. The van der Waals surface area contributed by atoms with Gasteiger partial charge in [-0.3, -0.25) is 0 Å². The fourth-order valence-electron chi connectivity index (χ4n) is 2.05. The molecule has 0 radical (unpaired) electrons. The number of benzene rings is 1. The molecule has 1 atom stereocenters. The Morgan fingerprint density at radius 1 is 1.16 bits per heavy atom. The van der Waals surface area contributed by atoms with E-state index < -0.39 is 0 Å². The van der Waals surface area contributed by atoms with Crippen molar-refractivity contribution in [2.45, 2.75) is 39.3 Å². The van der Waals surface area contributed by atoms with Crippen molar-refractivity contribution in [2.75, 3.05) is 0 Å². The van der Waals surface area contributed by atoms with E-state index in [0.717, 1.165) is 24.4 Å². The number of nitrogens with one attached hydrogen (secondary N) is 1. The van der Waals surface area contributed by atoms with E-state index in [9.17, 15) is 0 Å². The van der Waals surface area contributed by atoms with Crippen LogP contribution in [-0.2, 0) is 19.4 Å². The first-order chi connectivity index (χ1) is 9.19. The van der Waals surface area contributed by atoms with Crippen LogP contribution in [-0.4, -0.2) is 6.04 Å². The highest BCUT2D eigenvalue weighted by atomic mass is 35.5. The minimum Gasteiger partial charge on any atom is -0.309 e. The molecule has 0 bridgehead atoms. The van der Waals surface area contributed by atoms with Gasteiger partial charge < -0.3 is 5.32 Å². The maximum absolute atomic E-state index is 6.18. The Hall–Kier alpha value is -0.830. The van der Waals surface area contributed by atoms with Crippen molar-refractivity contribution in [3.05, 3.63) is 56.7 Å². The molecule has 1 aromatic heterocycles. The molecule has 3 heteroatoms. The van der Waals surface area contributed by atoms with Gasteiger partial charge in [-0.25, -0.2) is 0 Å². The van der Waals surface area contributed by atoms with Crippen LogP contribution in [0, 0.1) is 0 Å². The van der Waals surface area contributed by atoms with Crippen molar-refractivity contribution in [1.82, 2.24) is 5.32 Å². The summed E-state index contributed by atoms with van der Waals surface area (Å²) in [7, 11) is 0. The van der Waals surface area contributed by atoms with Gasteiger partial charge in [0.2, 0.25) is 0 Å². The Labute approximate surface area is 124 Å². The SMILES string of the molecule is CCc1ccc(CNC(C)Cc2ccccc2Cl)s1. The van der Waals surface area contributed by atoms with Crippen LogP contribution < -0.4 is 5.32 Å². The van der Waals surface area contributed by atoms with E-state index in [0.29, 0.717) is 6.04 Å². The van der Waals surface area contributed by atoms with Gasteiger partial charge in [0.15, 0.2) is 0 Å². The fourth-order valence-corrected chi connectivity index (χ4v) is 3.17. The highest BCUT2D eigenvalue weighted by Crippen LogP contribution is 2.18. The molecule has 2 rings (SSSR count). The second-order valence-corrected chi connectivity index (χ2v) is 6.46. The normalized spacial score (nSPS) is 12.6. The molecule has 1 unspecified atom stereocenters. The van der Waals surface area contributed by atoms with Gasteiger partial charge in [-0.2, -0.15) is 0 Å². The van der Waals surface area contributed by atoms with Crippen molar-refractivity contribution < 1.29 is 0 Å². The zero-order valence-electron chi connectivity index (χ0n) is 11.4. The van der Waals surface area contributed by atoms with Gasteiger partial charge in [0.05, 0.1) is 0 Å². The van der Waals surface area contributed by atoms with Crippen molar-refractivity contribution in [3.8, 4) is 0 Å². The lowest BCUT2D eigenvalue weighted by molar-refractivity contribution is 0.549. The van der Waals surface area contributed by atoms with Crippen LogP contribution >= 0.6 is 22.9 Å². The van der Waals surface area contributed by atoms with Crippen LogP contribution in [0.5, 0.6) is 0 Å². The van der Waals surface area contributed by atoms with Crippen LogP contribution in [0.3, 0.4) is 0 Å². The van der Waals surface area contributed by atoms with E-state index in [1.165, 1.54) is 15.3 Å².